The van der Waals surface area contributed by atoms with Gasteiger partial charge in [0.1, 0.15) is 0 Å². The van der Waals surface area contributed by atoms with Gasteiger partial charge in [-0.05, 0) is 0 Å². The zero-order chi connectivity index (χ0) is 21.2. The van der Waals surface area contributed by atoms with Crippen LogP contribution in [0.5, 0.6) is 0 Å². The van der Waals surface area contributed by atoms with Gasteiger partial charge >= 0.3 is 133 Å². The van der Waals surface area contributed by atoms with Crippen LogP contribution in [-0.4, -0.2) is 66.9 Å². The van der Waals surface area contributed by atoms with Crippen molar-refractivity contribution >= 4 is 38.3 Å². The van der Waals surface area contributed by atoms with E-state index < -0.39 is 72.6 Å². The maximum atomic E-state index is 13.1. The zero-order valence-corrected chi connectivity index (χ0v) is 16.7. The third kappa shape index (κ3) is 17.7. The van der Waals surface area contributed by atoms with Crippen molar-refractivity contribution in [2.45, 2.75) is 72.8 Å². The molecule has 0 bridgehead atoms. The number of unbranched alkanes of at least 4 members (excludes halogenated alkanes) is 5. The molecule has 0 aliphatic heterocycles. The summed E-state index contributed by atoms with van der Waals surface area (Å²) in [5.74, 6) is -4.63. The van der Waals surface area contributed by atoms with E-state index in [1.165, 1.54) is 0 Å². The first kappa shape index (κ1) is 28.5. The molecule has 1 unspecified atom stereocenters. The van der Waals surface area contributed by atoms with Gasteiger partial charge in [0.15, 0.2) is 0 Å². The number of halogens is 8. The Kier molecular flexibility index (Phi) is 13.2. The van der Waals surface area contributed by atoms with Crippen molar-refractivity contribution in [3.05, 3.63) is 0 Å². The summed E-state index contributed by atoms with van der Waals surface area (Å²) in [5, 5.41) is 0. The summed E-state index contributed by atoms with van der Waals surface area (Å²) in [5.41, 5.74) is 0. The number of hydrogen-bond acceptors (Lipinski definition) is 2. The minimum absolute atomic E-state index is 0.00000743. The van der Waals surface area contributed by atoms with Crippen molar-refractivity contribution in [3.8, 4) is 0 Å². The van der Waals surface area contributed by atoms with Crippen LogP contribution in [0.25, 0.3) is 0 Å². The topological polar surface area (TPSA) is 74.6 Å². The third-order valence-electron chi connectivity index (χ3n) is 3.15. The van der Waals surface area contributed by atoms with E-state index in [0.717, 1.165) is 0 Å². The van der Waals surface area contributed by atoms with Gasteiger partial charge in [-0.2, -0.15) is 21.6 Å². The van der Waals surface area contributed by atoms with Crippen molar-refractivity contribution in [3.63, 3.8) is 0 Å². The minimum atomic E-state index is -4.67. The minimum Gasteiger partial charge on any atom is -0.264 e. The van der Waals surface area contributed by atoms with Gasteiger partial charge in [-0.1, -0.05) is 0 Å². The van der Waals surface area contributed by atoms with Crippen molar-refractivity contribution < 1.29 is 52.6 Å². The van der Waals surface area contributed by atoms with E-state index in [9.17, 15) is 35.1 Å². The molecule has 14 heteroatoms. The van der Waals surface area contributed by atoms with Gasteiger partial charge in [0, 0.05) is 0 Å². The van der Waals surface area contributed by atoms with Crippen LogP contribution in [-0.2, 0) is 10.4 Å². The Balaban J connectivity index is 0. The van der Waals surface area contributed by atoms with Crippen LogP contribution in [0, 0.1) is 0 Å². The maximum absolute atomic E-state index is 13.1. The van der Waals surface area contributed by atoms with Gasteiger partial charge in [0.2, 0.25) is 0 Å². The van der Waals surface area contributed by atoms with Gasteiger partial charge in [-0.3, -0.25) is 9.11 Å². The molecule has 0 aliphatic rings. The van der Waals surface area contributed by atoms with E-state index in [1.54, 1.807) is 0 Å². The molecule has 154 valence electrons. The fourth-order valence-corrected chi connectivity index (χ4v) is 2.13. The molecule has 0 aliphatic carbocycles. The molecule has 0 aromatic carbocycles. The quantitative estimate of drug-likeness (QED) is 0.225. The average Bonchev–Trinajstić information content (AvgIpc) is 2.36. The van der Waals surface area contributed by atoms with Crippen molar-refractivity contribution in [1.82, 2.24) is 0 Å². The largest absolute Gasteiger partial charge is 0.394 e. The Bertz CT molecular complexity index is 471. The zero-order valence-electron chi connectivity index (χ0n) is 13.9. The van der Waals surface area contributed by atoms with E-state index in [-0.39, 0.29) is 12.8 Å². The van der Waals surface area contributed by atoms with E-state index in [2.05, 4.69) is 0 Å². The summed E-state index contributed by atoms with van der Waals surface area (Å²) >= 11 is -1.12. The van der Waals surface area contributed by atoms with Crippen molar-refractivity contribution in [1.29, 1.82) is 0 Å². The van der Waals surface area contributed by atoms with Gasteiger partial charge in [-0.15, -0.1) is 0 Å². The molecular weight excluding hydrogens is 415 g/mol. The monoisotopic (exact) mass is 434 g/mol. The van der Waals surface area contributed by atoms with Gasteiger partial charge in [0.05, 0.1) is 0 Å². The standard InChI is InChI=1S/C12H17F8.Na.H2O4S/c13-9(12(19,20)10(14)15)7-5-3-1-2-4-6-8-11(16,17)18;;1-5(2,3)4/h9H,1-8H2;;(H2,1,2,3,4). The molecule has 1 atom stereocenters. The molecule has 0 amide bonds. The molecule has 0 spiro atoms. The fourth-order valence-electron chi connectivity index (χ4n) is 1.81. The summed E-state index contributed by atoms with van der Waals surface area (Å²) in [6.07, 6.45) is -6.89. The normalized spacial score (nSPS) is 14.6. The molecular formula is C12H19F8NaO4S. The molecule has 26 heavy (non-hydrogen) atoms. The summed E-state index contributed by atoms with van der Waals surface area (Å²) in [4.78, 5) is 0. The fraction of sp³-hybridized carbons (Fsp3) is 1.00. The van der Waals surface area contributed by atoms with Crippen LogP contribution in [0.3, 0.4) is 0 Å². The first-order valence-corrected chi connectivity index (χ1v) is 9.94. The van der Waals surface area contributed by atoms with Crippen LogP contribution in [0.2, 0.25) is 0 Å². The maximum Gasteiger partial charge on any atom is 0.394 e. The van der Waals surface area contributed by atoms with Crippen molar-refractivity contribution in [2.24, 2.45) is 0 Å². The Morgan fingerprint density at radius 3 is 1.50 bits per heavy atom. The van der Waals surface area contributed by atoms with Crippen LogP contribution in [0.15, 0.2) is 0 Å². The Morgan fingerprint density at radius 2 is 1.15 bits per heavy atom. The second-order valence-electron chi connectivity index (χ2n) is 5.70. The second-order valence-corrected chi connectivity index (χ2v) is 7.85. The Hall–Kier alpha value is 0.310. The van der Waals surface area contributed by atoms with E-state index in [1.807, 2.05) is 0 Å². The predicted octanol–water partition coefficient (Wildman–Crippen LogP) is 4.75. The third-order valence-corrected chi connectivity index (χ3v) is 3.81. The summed E-state index contributed by atoms with van der Waals surface area (Å²) < 4.78 is 127. The average molecular weight is 434 g/mol. The smallest absolute Gasteiger partial charge is 0.264 e. The first-order chi connectivity index (χ1) is 11.4. The molecule has 0 radical (unpaired) electrons. The second kappa shape index (κ2) is 12.0. The molecule has 0 aromatic rings. The molecule has 2 N–H and O–H groups in total. The molecule has 0 fully saturated rings. The summed E-state index contributed by atoms with van der Waals surface area (Å²) in [7, 11) is -4.67. The van der Waals surface area contributed by atoms with E-state index >= 15 is 0 Å². The molecule has 4 nitrogen and oxygen atoms in total. The molecule has 0 saturated heterocycles. The van der Waals surface area contributed by atoms with Crippen LogP contribution >= 0.6 is 0 Å². The van der Waals surface area contributed by atoms with Crippen LogP contribution in [0.1, 0.15) is 51.4 Å². The first-order valence-electron chi connectivity index (χ1n) is 7.54. The molecule has 0 saturated carbocycles. The van der Waals surface area contributed by atoms with Crippen LogP contribution in [0.4, 0.5) is 35.1 Å². The predicted molar refractivity (Wildman–Crippen MR) is 77.7 cm³/mol. The Labute approximate surface area is 163 Å². The van der Waals surface area contributed by atoms with Gasteiger partial charge in [-0.25, -0.2) is 0 Å². The van der Waals surface area contributed by atoms with E-state index in [0.29, 0.717) is 25.7 Å². The molecule has 0 heterocycles. The Morgan fingerprint density at radius 1 is 0.808 bits per heavy atom. The van der Waals surface area contributed by atoms with Gasteiger partial charge in [0.25, 0.3) is 0 Å². The van der Waals surface area contributed by atoms with Gasteiger partial charge < -0.3 is 0 Å². The molecule has 0 aromatic heterocycles. The summed E-state index contributed by atoms with van der Waals surface area (Å²) in [6.45, 7) is 0. The number of alkyl halides is 8. The van der Waals surface area contributed by atoms with Crippen LogP contribution < -0.4 is 0 Å². The SMILES string of the molecule is FC(CCCCCCCCC(F)(F)F)C(F)(F)[C](F)(F)[Na].O=S(=O)(O)O. The number of hydrogen-bond donors (Lipinski definition) is 2. The summed E-state index contributed by atoms with van der Waals surface area (Å²) in [6, 6.07) is 0. The van der Waals surface area contributed by atoms with Crippen molar-refractivity contribution in [2.75, 3.05) is 0 Å². The molecule has 0 rings (SSSR count). The number of rotatable bonds is 10. The van der Waals surface area contributed by atoms with E-state index in [4.69, 9.17) is 17.5 Å².